The van der Waals surface area contributed by atoms with Crippen LogP contribution in [0, 0.1) is 6.92 Å². The van der Waals surface area contributed by atoms with E-state index >= 15 is 0 Å². The molecule has 0 fully saturated rings. The van der Waals surface area contributed by atoms with Crippen molar-refractivity contribution >= 4 is 22.6 Å². The molecule has 0 aliphatic heterocycles. The van der Waals surface area contributed by atoms with Crippen molar-refractivity contribution in [3.63, 3.8) is 0 Å². The maximum Gasteiger partial charge on any atom is 0.331 e. The Kier molecular flexibility index (Phi) is 3.93. The van der Waals surface area contributed by atoms with E-state index in [9.17, 15) is 9.59 Å². The standard InChI is InChI=1S/C17H16ClN3O3/c1-9-7-12-15(16(22)21(3)17(23)20(12)2)19-14(9)11-8-10(18)5-6-13(11)24-4/h5-8H,1-4H3. The van der Waals surface area contributed by atoms with Crippen molar-refractivity contribution in [2.45, 2.75) is 6.92 Å². The Bertz CT molecular complexity index is 1080. The van der Waals surface area contributed by atoms with E-state index in [1.807, 2.05) is 6.92 Å². The molecule has 3 rings (SSSR count). The van der Waals surface area contributed by atoms with Crippen molar-refractivity contribution < 1.29 is 4.74 Å². The Hall–Kier alpha value is -2.60. The summed E-state index contributed by atoms with van der Waals surface area (Å²) in [6.07, 6.45) is 0. The van der Waals surface area contributed by atoms with Crippen LogP contribution >= 0.6 is 11.6 Å². The molecule has 6 nitrogen and oxygen atoms in total. The minimum atomic E-state index is -0.435. The molecule has 0 saturated carbocycles. The van der Waals surface area contributed by atoms with Crippen molar-refractivity contribution in [3.8, 4) is 17.0 Å². The van der Waals surface area contributed by atoms with Gasteiger partial charge in [-0.1, -0.05) is 11.6 Å². The highest BCUT2D eigenvalue weighted by Crippen LogP contribution is 2.33. The summed E-state index contributed by atoms with van der Waals surface area (Å²) >= 11 is 6.10. The van der Waals surface area contributed by atoms with Crippen LogP contribution in [0.2, 0.25) is 5.02 Å². The molecule has 0 atom stereocenters. The number of hydrogen-bond acceptors (Lipinski definition) is 4. The maximum atomic E-state index is 12.4. The monoisotopic (exact) mass is 345 g/mol. The van der Waals surface area contributed by atoms with Crippen molar-refractivity contribution in [1.29, 1.82) is 0 Å². The summed E-state index contributed by atoms with van der Waals surface area (Å²) in [5.74, 6) is 0.607. The molecule has 7 heteroatoms. The molecule has 2 aromatic heterocycles. The third kappa shape index (κ3) is 2.39. The van der Waals surface area contributed by atoms with Crippen molar-refractivity contribution in [1.82, 2.24) is 14.1 Å². The molecule has 0 aliphatic carbocycles. The first kappa shape index (κ1) is 16.3. The van der Waals surface area contributed by atoms with Crippen LogP contribution in [0.15, 0.2) is 33.9 Å². The molecule has 0 amide bonds. The van der Waals surface area contributed by atoms with Crippen LogP contribution in [0.3, 0.4) is 0 Å². The van der Waals surface area contributed by atoms with Gasteiger partial charge in [-0.05, 0) is 36.8 Å². The van der Waals surface area contributed by atoms with E-state index in [-0.39, 0.29) is 11.2 Å². The van der Waals surface area contributed by atoms with Gasteiger partial charge in [0.1, 0.15) is 5.75 Å². The molecule has 0 unspecified atom stereocenters. The quantitative estimate of drug-likeness (QED) is 0.714. The second kappa shape index (κ2) is 5.79. The first-order chi connectivity index (χ1) is 11.3. The molecule has 124 valence electrons. The smallest absolute Gasteiger partial charge is 0.331 e. The number of halogens is 1. The van der Waals surface area contributed by atoms with E-state index < -0.39 is 5.56 Å². The lowest BCUT2D eigenvalue weighted by Crippen LogP contribution is -2.37. The normalized spacial score (nSPS) is 11.0. The van der Waals surface area contributed by atoms with Gasteiger partial charge in [-0.15, -0.1) is 0 Å². The van der Waals surface area contributed by atoms with Crippen LogP contribution < -0.4 is 16.0 Å². The third-order valence-electron chi connectivity index (χ3n) is 4.05. The third-order valence-corrected chi connectivity index (χ3v) is 4.29. The van der Waals surface area contributed by atoms with Gasteiger partial charge in [-0.2, -0.15) is 0 Å². The lowest BCUT2D eigenvalue weighted by atomic mass is 10.0. The first-order valence-electron chi connectivity index (χ1n) is 7.26. The summed E-state index contributed by atoms with van der Waals surface area (Å²) < 4.78 is 7.84. The van der Waals surface area contributed by atoms with Crippen molar-refractivity contribution in [3.05, 3.63) is 55.7 Å². The zero-order valence-corrected chi connectivity index (χ0v) is 14.5. The first-order valence-corrected chi connectivity index (χ1v) is 7.64. The van der Waals surface area contributed by atoms with E-state index in [1.54, 1.807) is 38.4 Å². The van der Waals surface area contributed by atoms with Crippen LogP contribution in [0.5, 0.6) is 5.75 Å². The fourth-order valence-corrected chi connectivity index (χ4v) is 2.90. The summed E-state index contributed by atoms with van der Waals surface area (Å²) in [6, 6.07) is 7.00. The Morgan fingerprint density at radius 1 is 1.12 bits per heavy atom. The number of fused-ring (bicyclic) bond motifs is 1. The number of aromatic nitrogens is 3. The topological polar surface area (TPSA) is 66.1 Å². The second-order valence-electron chi connectivity index (χ2n) is 5.57. The molecule has 0 radical (unpaired) electrons. The molecular weight excluding hydrogens is 330 g/mol. The molecule has 24 heavy (non-hydrogen) atoms. The summed E-state index contributed by atoms with van der Waals surface area (Å²) in [7, 11) is 4.61. The van der Waals surface area contributed by atoms with Gasteiger partial charge in [-0.25, -0.2) is 9.78 Å². The number of rotatable bonds is 2. The number of ether oxygens (including phenoxy) is 1. The highest BCUT2D eigenvalue weighted by Gasteiger charge is 2.16. The van der Waals surface area contributed by atoms with Gasteiger partial charge in [0, 0.05) is 24.7 Å². The van der Waals surface area contributed by atoms with Gasteiger partial charge in [0.2, 0.25) is 0 Å². The van der Waals surface area contributed by atoms with Crippen LogP contribution in [-0.2, 0) is 14.1 Å². The van der Waals surface area contributed by atoms with Crippen LogP contribution in [0.25, 0.3) is 22.3 Å². The predicted molar refractivity (Wildman–Crippen MR) is 94.0 cm³/mol. The molecule has 0 aliphatic rings. The zero-order valence-electron chi connectivity index (χ0n) is 13.8. The summed E-state index contributed by atoms with van der Waals surface area (Å²) in [5, 5.41) is 0.542. The Morgan fingerprint density at radius 3 is 2.50 bits per heavy atom. The Morgan fingerprint density at radius 2 is 1.83 bits per heavy atom. The van der Waals surface area contributed by atoms with Gasteiger partial charge in [-0.3, -0.25) is 13.9 Å². The highest BCUT2D eigenvalue weighted by molar-refractivity contribution is 6.31. The van der Waals surface area contributed by atoms with E-state index in [0.717, 1.165) is 10.1 Å². The number of aryl methyl sites for hydroxylation is 2. The molecule has 0 N–H and O–H groups in total. The summed E-state index contributed by atoms with van der Waals surface area (Å²) in [5.41, 5.74) is 1.99. The lowest BCUT2D eigenvalue weighted by Gasteiger charge is -2.13. The van der Waals surface area contributed by atoms with Gasteiger partial charge in [0.15, 0.2) is 5.52 Å². The van der Waals surface area contributed by atoms with Crippen LogP contribution in [0.4, 0.5) is 0 Å². The highest BCUT2D eigenvalue weighted by atomic mass is 35.5. The average Bonchev–Trinajstić information content (AvgIpc) is 2.57. The van der Waals surface area contributed by atoms with E-state index in [4.69, 9.17) is 16.3 Å². The fraction of sp³-hybridized carbons (Fsp3) is 0.235. The summed E-state index contributed by atoms with van der Waals surface area (Å²) in [4.78, 5) is 29.0. The van der Waals surface area contributed by atoms with Gasteiger partial charge in [0.05, 0.1) is 18.3 Å². The Balaban J connectivity index is 2.44. The van der Waals surface area contributed by atoms with Crippen molar-refractivity contribution in [2.24, 2.45) is 14.1 Å². The number of nitrogens with zero attached hydrogens (tertiary/aromatic N) is 3. The largest absolute Gasteiger partial charge is 0.496 e. The SMILES string of the molecule is COc1ccc(Cl)cc1-c1nc2c(=O)n(C)c(=O)n(C)c2cc1C. The molecule has 2 heterocycles. The van der Waals surface area contributed by atoms with Crippen LogP contribution in [0.1, 0.15) is 5.56 Å². The molecule has 0 saturated heterocycles. The minimum Gasteiger partial charge on any atom is -0.496 e. The molecule has 1 aromatic carbocycles. The van der Waals surface area contributed by atoms with Crippen molar-refractivity contribution in [2.75, 3.05) is 7.11 Å². The van der Waals surface area contributed by atoms with E-state index in [1.165, 1.54) is 11.6 Å². The van der Waals surface area contributed by atoms with Gasteiger partial charge in [0.25, 0.3) is 5.56 Å². The number of methoxy groups -OCH3 is 1. The van der Waals surface area contributed by atoms with Crippen LogP contribution in [-0.4, -0.2) is 21.2 Å². The molecule has 3 aromatic rings. The lowest BCUT2D eigenvalue weighted by molar-refractivity contribution is 0.416. The zero-order chi connectivity index (χ0) is 17.6. The van der Waals surface area contributed by atoms with E-state index in [0.29, 0.717) is 27.5 Å². The average molecular weight is 346 g/mol. The number of benzene rings is 1. The fourth-order valence-electron chi connectivity index (χ4n) is 2.72. The molecule has 0 bridgehead atoms. The molecule has 0 spiro atoms. The maximum absolute atomic E-state index is 12.4. The van der Waals surface area contributed by atoms with E-state index in [2.05, 4.69) is 4.98 Å². The van der Waals surface area contributed by atoms with Gasteiger partial charge < -0.3 is 4.74 Å². The number of hydrogen-bond donors (Lipinski definition) is 0. The second-order valence-corrected chi connectivity index (χ2v) is 6.01. The number of pyridine rings is 1. The van der Waals surface area contributed by atoms with Gasteiger partial charge >= 0.3 is 5.69 Å². The molecular formula is C17H16ClN3O3. The Labute approximate surface area is 142 Å². The predicted octanol–water partition coefficient (Wildman–Crippen LogP) is 2.27. The summed E-state index contributed by atoms with van der Waals surface area (Å²) in [6.45, 7) is 1.87. The minimum absolute atomic E-state index is 0.224.